The molecule has 1 aliphatic rings. The Kier molecular flexibility index (Phi) is 5.86. The number of amides is 1. The van der Waals surface area contributed by atoms with E-state index in [0.29, 0.717) is 18.8 Å². The van der Waals surface area contributed by atoms with Crippen LogP contribution in [0.4, 0.5) is 5.69 Å². The minimum Gasteiger partial charge on any atom is -0.481 e. The van der Waals surface area contributed by atoms with Crippen molar-refractivity contribution >= 4 is 17.6 Å². The zero-order valence-electron chi connectivity index (χ0n) is 14.4. The Morgan fingerprint density at radius 1 is 1.04 bits per heavy atom. The number of nitrogens with zero attached hydrogens (tertiary/aromatic N) is 1. The molecule has 1 atom stereocenters. The Bertz CT molecular complexity index is 757. The summed E-state index contributed by atoms with van der Waals surface area (Å²) >= 11 is 0. The Balaban J connectivity index is 1.82. The molecular weight excluding hydrogens is 332 g/mol. The number of anilines is 1. The van der Waals surface area contributed by atoms with Crippen LogP contribution in [-0.4, -0.2) is 43.3 Å². The molecule has 1 saturated heterocycles. The summed E-state index contributed by atoms with van der Waals surface area (Å²) in [7, 11) is 0. The van der Waals surface area contributed by atoms with Crippen LogP contribution in [0.5, 0.6) is 0 Å². The largest absolute Gasteiger partial charge is 0.481 e. The van der Waals surface area contributed by atoms with Crippen molar-refractivity contribution in [2.24, 2.45) is 0 Å². The van der Waals surface area contributed by atoms with E-state index in [4.69, 9.17) is 4.74 Å². The highest BCUT2D eigenvalue weighted by atomic mass is 16.5. The van der Waals surface area contributed by atoms with Gasteiger partial charge in [-0.25, -0.2) is 0 Å². The number of hydrogen-bond acceptors (Lipinski definition) is 4. The van der Waals surface area contributed by atoms with Gasteiger partial charge in [0.15, 0.2) is 0 Å². The zero-order valence-corrected chi connectivity index (χ0v) is 14.4. The average molecular weight is 354 g/mol. The summed E-state index contributed by atoms with van der Waals surface area (Å²) in [6.07, 6.45) is -0.171. The van der Waals surface area contributed by atoms with Crippen molar-refractivity contribution in [3.05, 3.63) is 65.7 Å². The number of carboxylic acids is 1. The number of benzene rings is 2. The lowest BCUT2D eigenvalue weighted by molar-refractivity contribution is -0.137. The van der Waals surface area contributed by atoms with Gasteiger partial charge in [0.25, 0.3) is 5.91 Å². The van der Waals surface area contributed by atoms with Gasteiger partial charge in [-0.3, -0.25) is 9.59 Å². The number of para-hydroxylation sites is 1. The Hall–Kier alpha value is -2.86. The van der Waals surface area contributed by atoms with Gasteiger partial charge in [-0.2, -0.15) is 0 Å². The molecule has 1 amide bonds. The first kappa shape index (κ1) is 17.9. The highest BCUT2D eigenvalue weighted by Crippen LogP contribution is 2.23. The number of aliphatic carboxylic acids is 1. The number of carbonyl (C=O) groups is 2. The van der Waals surface area contributed by atoms with Crippen LogP contribution in [0.25, 0.3) is 0 Å². The van der Waals surface area contributed by atoms with Crippen LogP contribution in [-0.2, 0) is 9.53 Å². The van der Waals surface area contributed by atoms with E-state index in [1.807, 2.05) is 48.5 Å². The number of ether oxygens (including phenoxy) is 1. The number of hydrogen-bond donors (Lipinski definition) is 2. The summed E-state index contributed by atoms with van der Waals surface area (Å²) in [4.78, 5) is 26.3. The molecule has 26 heavy (non-hydrogen) atoms. The number of morpholine rings is 1. The van der Waals surface area contributed by atoms with Crippen LogP contribution in [0.3, 0.4) is 0 Å². The van der Waals surface area contributed by atoms with Gasteiger partial charge in [0.2, 0.25) is 0 Å². The number of carboxylic acid groups (broad SMARTS) is 1. The average Bonchev–Trinajstić information content (AvgIpc) is 2.68. The van der Waals surface area contributed by atoms with Crippen molar-refractivity contribution in [3.8, 4) is 0 Å². The molecule has 0 bridgehead atoms. The third-order valence-electron chi connectivity index (χ3n) is 4.39. The third kappa shape index (κ3) is 4.40. The summed E-state index contributed by atoms with van der Waals surface area (Å²) in [6, 6.07) is 16.0. The molecule has 136 valence electrons. The van der Waals surface area contributed by atoms with Crippen LogP contribution < -0.4 is 10.2 Å². The van der Waals surface area contributed by atoms with E-state index in [1.165, 1.54) is 0 Å². The lowest BCUT2D eigenvalue weighted by Crippen LogP contribution is -2.38. The SMILES string of the molecule is O=C(O)C[C@H](NC(=O)c1ccccc1N1CCOCC1)c1ccccc1. The standard InChI is InChI=1S/C20H22N2O4/c23-19(24)14-17(15-6-2-1-3-7-15)21-20(25)16-8-4-5-9-18(16)22-10-12-26-13-11-22/h1-9,17H,10-14H2,(H,21,25)(H,23,24)/t17-/m0/s1. The number of nitrogens with one attached hydrogen (secondary N) is 1. The van der Waals surface area contributed by atoms with Crippen molar-refractivity contribution in [2.45, 2.75) is 12.5 Å². The molecule has 6 heteroatoms. The number of carbonyl (C=O) groups excluding carboxylic acids is 1. The monoisotopic (exact) mass is 354 g/mol. The normalized spacial score (nSPS) is 15.3. The molecule has 2 aromatic rings. The van der Waals surface area contributed by atoms with Gasteiger partial charge in [0.1, 0.15) is 0 Å². The second kappa shape index (κ2) is 8.49. The summed E-state index contributed by atoms with van der Waals surface area (Å²) in [5.41, 5.74) is 2.16. The van der Waals surface area contributed by atoms with E-state index in [0.717, 1.165) is 24.3 Å². The van der Waals surface area contributed by atoms with Crippen molar-refractivity contribution < 1.29 is 19.4 Å². The van der Waals surface area contributed by atoms with Crippen molar-refractivity contribution in [3.63, 3.8) is 0 Å². The number of rotatable bonds is 6. The van der Waals surface area contributed by atoms with Gasteiger partial charge < -0.3 is 20.1 Å². The van der Waals surface area contributed by atoms with Crippen molar-refractivity contribution in [2.75, 3.05) is 31.2 Å². The van der Waals surface area contributed by atoms with E-state index in [1.54, 1.807) is 6.07 Å². The maximum atomic E-state index is 12.9. The second-order valence-corrected chi connectivity index (χ2v) is 6.15. The van der Waals surface area contributed by atoms with E-state index < -0.39 is 12.0 Å². The van der Waals surface area contributed by atoms with Gasteiger partial charge in [0.05, 0.1) is 31.2 Å². The first-order valence-corrected chi connectivity index (χ1v) is 8.64. The summed E-state index contributed by atoms with van der Waals surface area (Å²) in [5.74, 6) is -1.23. The fraction of sp³-hybridized carbons (Fsp3) is 0.300. The lowest BCUT2D eigenvalue weighted by Gasteiger charge is -2.30. The smallest absolute Gasteiger partial charge is 0.305 e. The molecule has 0 unspecified atom stereocenters. The summed E-state index contributed by atoms with van der Waals surface area (Å²) < 4.78 is 5.38. The molecule has 0 radical (unpaired) electrons. The third-order valence-corrected chi connectivity index (χ3v) is 4.39. The van der Waals surface area contributed by atoms with Gasteiger partial charge in [-0.15, -0.1) is 0 Å². The van der Waals surface area contributed by atoms with Crippen LogP contribution in [0.1, 0.15) is 28.4 Å². The molecule has 1 fully saturated rings. The molecule has 0 spiro atoms. The molecule has 1 heterocycles. The molecule has 2 aromatic carbocycles. The van der Waals surface area contributed by atoms with Gasteiger partial charge in [-0.1, -0.05) is 42.5 Å². The Morgan fingerprint density at radius 3 is 2.38 bits per heavy atom. The quantitative estimate of drug-likeness (QED) is 0.833. The topological polar surface area (TPSA) is 78.9 Å². The van der Waals surface area contributed by atoms with E-state index >= 15 is 0 Å². The van der Waals surface area contributed by atoms with Gasteiger partial charge in [0, 0.05) is 18.8 Å². The first-order valence-electron chi connectivity index (χ1n) is 8.64. The van der Waals surface area contributed by atoms with E-state index in [2.05, 4.69) is 10.2 Å². The molecular formula is C20H22N2O4. The molecule has 0 aromatic heterocycles. The maximum Gasteiger partial charge on any atom is 0.305 e. The van der Waals surface area contributed by atoms with Crippen molar-refractivity contribution in [1.29, 1.82) is 0 Å². The predicted molar refractivity (Wildman–Crippen MR) is 98.4 cm³/mol. The molecule has 1 aliphatic heterocycles. The summed E-state index contributed by atoms with van der Waals surface area (Å²) in [5, 5.41) is 12.1. The van der Waals surface area contributed by atoms with Gasteiger partial charge in [-0.05, 0) is 17.7 Å². The minimum absolute atomic E-state index is 0.171. The second-order valence-electron chi connectivity index (χ2n) is 6.15. The van der Waals surface area contributed by atoms with Crippen LogP contribution in [0.15, 0.2) is 54.6 Å². The molecule has 0 saturated carbocycles. The lowest BCUT2D eigenvalue weighted by atomic mass is 10.0. The first-order chi connectivity index (χ1) is 12.6. The fourth-order valence-corrected chi connectivity index (χ4v) is 3.09. The molecule has 3 rings (SSSR count). The van der Waals surface area contributed by atoms with Crippen LogP contribution in [0, 0.1) is 0 Å². The van der Waals surface area contributed by atoms with Crippen LogP contribution >= 0.6 is 0 Å². The molecule has 0 aliphatic carbocycles. The van der Waals surface area contributed by atoms with Gasteiger partial charge >= 0.3 is 5.97 Å². The summed E-state index contributed by atoms with van der Waals surface area (Å²) in [6.45, 7) is 2.70. The minimum atomic E-state index is -0.958. The predicted octanol–water partition coefficient (Wildman–Crippen LogP) is 2.47. The Morgan fingerprint density at radius 2 is 1.69 bits per heavy atom. The molecule has 6 nitrogen and oxygen atoms in total. The van der Waals surface area contributed by atoms with E-state index in [9.17, 15) is 14.7 Å². The van der Waals surface area contributed by atoms with Crippen LogP contribution in [0.2, 0.25) is 0 Å². The zero-order chi connectivity index (χ0) is 18.4. The van der Waals surface area contributed by atoms with Crippen molar-refractivity contribution in [1.82, 2.24) is 5.32 Å². The highest BCUT2D eigenvalue weighted by Gasteiger charge is 2.22. The fourth-order valence-electron chi connectivity index (χ4n) is 3.09. The Labute approximate surface area is 152 Å². The molecule has 2 N–H and O–H groups in total. The maximum absolute atomic E-state index is 12.9. The van der Waals surface area contributed by atoms with E-state index in [-0.39, 0.29) is 12.3 Å². The highest BCUT2D eigenvalue weighted by molar-refractivity contribution is 6.00.